The Morgan fingerprint density at radius 1 is 1.28 bits per heavy atom. The summed E-state index contributed by atoms with van der Waals surface area (Å²) in [6, 6.07) is 3.90. The summed E-state index contributed by atoms with van der Waals surface area (Å²) >= 11 is 0. The summed E-state index contributed by atoms with van der Waals surface area (Å²) in [7, 11) is 1.99. The average molecular weight is 349 g/mol. The van der Waals surface area contributed by atoms with Crippen molar-refractivity contribution in [2.24, 2.45) is 5.92 Å². The molecule has 1 aromatic rings. The Balaban J connectivity index is 1.38. The fraction of sp³-hybridized carbons (Fsp3) is 0.737. The number of hydrogen-bond donors (Lipinski definition) is 1. The van der Waals surface area contributed by atoms with E-state index in [1.807, 2.05) is 24.1 Å². The molecule has 6 nitrogen and oxygen atoms in total. The molecule has 2 unspecified atom stereocenters. The van der Waals surface area contributed by atoms with E-state index in [0.717, 1.165) is 64.3 Å². The number of carbonyl (C=O) groups excluding carboxylic acids is 1. The molecule has 1 saturated heterocycles. The molecule has 1 aliphatic carbocycles. The summed E-state index contributed by atoms with van der Waals surface area (Å²) in [4.78, 5) is 18.9. The Labute approximate surface area is 150 Å². The lowest BCUT2D eigenvalue weighted by Crippen LogP contribution is -2.51. The molecule has 2 aliphatic rings. The van der Waals surface area contributed by atoms with Crippen molar-refractivity contribution in [3.8, 4) is 0 Å². The van der Waals surface area contributed by atoms with E-state index in [4.69, 9.17) is 4.42 Å². The summed E-state index contributed by atoms with van der Waals surface area (Å²) in [6.07, 6.45) is 5.81. The first-order valence-corrected chi connectivity index (χ1v) is 9.51. The van der Waals surface area contributed by atoms with E-state index in [0.29, 0.717) is 12.5 Å². The Bertz CT molecular complexity index is 526. The number of likely N-dealkylation sites (N-methyl/N-ethyl adjacent to an activating group) is 1. The molecule has 1 amide bonds. The van der Waals surface area contributed by atoms with E-state index in [-0.39, 0.29) is 12.0 Å². The van der Waals surface area contributed by atoms with Crippen molar-refractivity contribution in [2.45, 2.75) is 38.3 Å². The monoisotopic (exact) mass is 349 g/mol. The van der Waals surface area contributed by atoms with Crippen LogP contribution in [0.15, 0.2) is 22.8 Å². The second kappa shape index (κ2) is 8.83. The molecule has 140 valence electrons. The molecule has 1 aromatic heterocycles. The van der Waals surface area contributed by atoms with Crippen molar-refractivity contribution < 1.29 is 14.3 Å². The standard InChI is InChI=1S/C19H31N3O3/c1-20(13-16-5-2-3-7-18(16)23)15-19(24)22-10-8-21(9-11-22)14-17-6-4-12-25-17/h4,6,12,16,18,23H,2-3,5,7-11,13-15H2,1H3. The zero-order valence-electron chi connectivity index (χ0n) is 15.3. The predicted molar refractivity (Wildman–Crippen MR) is 96.0 cm³/mol. The van der Waals surface area contributed by atoms with Gasteiger partial charge in [-0.25, -0.2) is 0 Å². The molecule has 0 spiro atoms. The molecule has 2 fully saturated rings. The molecule has 3 rings (SSSR count). The number of piperazine rings is 1. The van der Waals surface area contributed by atoms with Gasteiger partial charge in [-0.1, -0.05) is 12.8 Å². The molecule has 1 saturated carbocycles. The highest BCUT2D eigenvalue weighted by molar-refractivity contribution is 5.78. The minimum atomic E-state index is -0.198. The minimum absolute atomic E-state index is 0.198. The first kappa shape index (κ1) is 18.4. The van der Waals surface area contributed by atoms with E-state index >= 15 is 0 Å². The van der Waals surface area contributed by atoms with Gasteiger partial charge in [0.1, 0.15) is 5.76 Å². The van der Waals surface area contributed by atoms with Gasteiger partial charge in [0.2, 0.25) is 5.91 Å². The molecule has 1 aliphatic heterocycles. The maximum Gasteiger partial charge on any atom is 0.236 e. The quantitative estimate of drug-likeness (QED) is 0.841. The maximum atomic E-state index is 12.5. The average Bonchev–Trinajstić information content (AvgIpc) is 3.10. The van der Waals surface area contributed by atoms with Gasteiger partial charge in [-0.2, -0.15) is 0 Å². The summed E-state index contributed by atoms with van der Waals surface area (Å²) in [6.45, 7) is 5.40. The minimum Gasteiger partial charge on any atom is -0.468 e. The number of carbonyl (C=O) groups is 1. The first-order chi connectivity index (χ1) is 12.1. The SMILES string of the molecule is CN(CC(=O)N1CCN(Cc2ccco2)CC1)CC1CCCCC1O. The first-order valence-electron chi connectivity index (χ1n) is 9.51. The number of furan rings is 1. The lowest BCUT2D eigenvalue weighted by molar-refractivity contribution is -0.134. The third-order valence-electron chi connectivity index (χ3n) is 5.50. The Morgan fingerprint density at radius 3 is 2.72 bits per heavy atom. The molecule has 6 heteroatoms. The molecular weight excluding hydrogens is 318 g/mol. The van der Waals surface area contributed by atoms with Gasteiger partial charge in [0.05, 0.1) is 25.5 Å². The summed E-state index contributed by atoms with van der Waals surface area (Å²) < 4.78 is 5.39. The third kappa shape index (κ3) is 5.30. The topological polar surface area (TPSA) is 60.2 Å². The highest BCUT2D eigenvalue weighted by atomic mass is 16.3. The molecule has 2 heterocycles. The zero-order valence-corrected chi connectivity index (χ0v) is 15.3. The van der Waals surface area contributed by atoms with Gasteiger partial charge in [-0.15, -0.1) is 0 Å². The van der Waals surface area contributed by atoms with Gasteiger partial charge >= 0.3 is 0 Å². The number of nitrogens with zero attached hydrogens (tertiary/aromatic N) is 3. The van der Waals surface area contributed by atoms with Crippen molar-refractivity contribution in [3.05, 3.63) is 24.2 Å². The van der Waals surface area contributed by atoms with Gasteiger partial charge in [0.25, 0.3) is 0 Å². The molecular formula is C19H31N3O3. The fourth-order valence-electron chi connectivity index (χ4n) is 3.98. The van der Waals surface area contributed by atoms with Crippen LogP contribution in [0.5, 0.6) is 0 Å². The van der Waals surface area contributed by atoms with E-state index < -0.39 is 0 Å². The predicted octanol–water partition coefficient (Wildman–Crippen LogP) is 1.41. The van der Waals surface area contributed by atoms with Crippen LogP contribution in [0.25, 0.3) is 0 Å². The van der Waals surface area contributed by atoms with Crippen molar-refractivity contribution in [2.75, 3.05) is 46.3 Å². The van der Waals surface area contributed by atoms with Gasteiger partial charge in [0.15, 0.2) is 0 Å². The lowest BCUT2D eigenvalue weighted by atomic mass is 9.86. The van der Waals surface area contributed by atoms with Crippen LogP contribution in [0.2, 0.25) is 0 Å². The van der Waals surface area contributed by atoms with E-state index in [2.05, 4.69) is 9.80 Å². The number of hydrogen-bond acceptors (Lipinski definition) is 5. The number of amides is 1. The van der Waals surface area contributed by atoms with Crippen LogP contribution < -0.4 is 0 Å². The van der Waals surface area contributed by atoms with Crippen molar-refractivity contribution in [3.63, 3.8) is 0 Å². The molecule has 1 N–H and O–H groups in total. The summed E-state index contributed by atoms with van der Waals surface area (Å²) in [5.41, 5.74) is 0. The van der Waals surface area contributed by atoms with Crippen LogP contribution in [-0.2, 0) is 11.3 Å². The van der Waals surface area contributed by atoms with Crippen LogP contribution >= 0.6 is 0 Å². The van der Waals surface area contributed by atoms with Gasteiger partial charge in [-0.3, -0.25) is 14.6 Å². The van der Waals surface area contributed by atoms with Crippen molar-refractivity contribution in [1.82, 2.24) is 14.7 Å². The van der Waals surface area contributed by atoms with Gasteiger partial charge in [-0.05, 0) is 37.9 Å². The Kier molecular flexibility index (Phi) is 6.51. The lowest BCUT2D eigenvalue weighted by Gasteiger charge is -2.36. The molecule has 0 radical (unpaired) electrons. The Hall–Kier alpha value is -1.37. The summed E-state index contributed by atoms with van der Waals surface area (Å²) in [5.74, 6) is 1.49. The van der Waals surface area contributed by atoms with E-state index in [1.165, 1.54) is 6.42 Å². The van der Waals surface area contributed by atoms with Crippen molar-refractivity contribution >= 4 is 5.91 Å². The van der Waals surface area contributed by atoms with Crippen LogP contribution in [-0.4, -0.2) is 78.1 Å². The van der Waals surface area contributed by atoms with Crippen LogP contribution in [0.3, 0.4) is 0 Å². The zero-order chi connectivity index (χ0) is 17.6. The number of aliphatic hydroxyl groups is 1. The number of aliphatic hydroxyl groups excluding tert-OH is 1. The smallest absolute Gasteiger partial charge is 0.236 e. The second-order valence-electron chi connectivity index (χ2n) is 7.54. The third-order valence-corrected chi connectivity index (χ3v) is 5.50. The highest BCUT2D eigenvalue weighted by Crippen LogP contribution is 2.24. The molecule has 0 aromatic carbocycles. The summed E-state index contributed by atoms with van der Waals surface area (Å²) in [5, 5.41) is 10.1. The van der Waals surface area contributed by atoms with Crippen LogP contribution in [0.1, 0.15) is 31.4 Å². The molecule has 2 atom stereocenters. The maximum absolute atomic E-state index is 12.5. The largest absolute Gasteiger partial charge is 0.468 e. The van der Waals surface area contributed by atoms with Crippen LogP contribution in [0, 0.1) is 5.92 Å². The fourth-order valence-corrected chi connectivity index (χ4v) is 3.98. The van der Waals surface area contributed by atoms with Gasteiger partial charge < -0.3 is 14.4 Å². The Morgan fingerprint density at radius 2 is 2.04 bits per heavy atom. The molecule has 0 bridgehead atoms. The molecule has 25 heavy (non-hydrogen) atoms. The van der Waals surface area contributed by atoms with Crippen LogP contribution in [0.4, 0.5) is 0 Å². The van der Waals surface area contributed by atoms with Crippen molar-refractivity contribution in [1.29, 1.82) is 0 Å². The second-order valence-corrected chi connectivity index (χ2v) is 7.54. The van der Waals surface area contributed by atoms with E-state index in [1.54, 1.807) is 6.26 Å². The highest BCUT2D eigenvalue weighted by Gasteiger charge is 2.26. The van der Waals surface area contributed by atoms with E-state index in [9.17, 15) is 9.90 Å². The normalized spacial score (nSPS) is 25.5. The van der Waals surface area contributed by atoms with Gasteiger partial charge in [0, 0.05) is 32.7 Å². The number of rotatable bonds is 6.